The van der Waals surface area contributed by atoms with Crippen molar-refractivity contribution in [2.75, 3.05) is 53.0 Å². The molecule has 0 aromatic carbocycles. The van der Waals surface area contributed by atoms with Gasteiger partial charge in [0, 0.05) is 0 Å². The van der Waals surface area contributed by atoms with Gasteiger partial charge < -0.3 is 27.6 Å². The summed E-state index contributed by atoms with van der Waals surface area (Å²) in [6.07, 6.45) is -0.956. The van der Waals surface area contributed by atoms with Gasteiger partial charge in [-0.05, 0) is 40.5 Å². The average molecular weight is 460 g/mol. The SMILES string of the molecule is CCOP(=O)(CCC(CCP(=O)(OCC)OCC)(C(=O)OC)C(=O)OC)OCC. The number of methoxy groups -OCH3 is 2. The van der Waals surface area contributed by atoms with E-state index >= 15 is 0 Å². The van der Waals surface area contributed by atoms with Gasteiger partial charge in [0.1, 0.15) is 0 Å². The number of esters is 2. The zero-order valence-corrected chi connectivity index (χ0v) is 19.9. The van der Waals surface area contributed by atoms with Gasteiger partial charge in [0.15, 0.2) is 5.41 Å². The molecule has 0 aromatic rings. The first kappa shape index (κ1) is 28.2. The molecule has 0 aliphatic carbocycles. The molecule has 10 nitrogen and oxygen atoms in total. The van der Waals surface area contributed by atoms with E-state index in [1.54, 1.807) is 27.7 Å². The molecule has 0 spiro atoms. The molecule has 0 aliphatic heterocycles. The van der Waals surface area contributed by atoms with E-state index in [2.05, 4.69) is 0 Å². The van der Waals surface area contributed by atoms with Crippen molar-refractivity contribution in [1.82, 2.24) is 0 Å². The predicted molar refractivity (Wildman–Crippen MR) is 107 cm³/mol. The van der Waals surface area contributed by atoms with Gasteiger partial charge in [0.05, 0.1) is 53.0 Å². The summed E-state index contributed by atoms with van der Waals surface area (Å²) >= 11 is 0. The van der Waals surface area contributed by atoms with Gasteiger partial charge >= 0.3 is 27.1 Å². The fourth-order valence-electron chi connectivity index (χ4n) is 2.78. The maximum atomic E-state index is 12.8. The third kappa shape index (κ3) is 8.48. The Morgan fingerprint density at radius 1 is 0.655 bits per heavy atom. The lowest BCUT2D eigenvalue weighted by molar-refractivity contribution is -0.169. The van der Waals surface area contributed by atoms with E-state index in [4.69, 9.17) is 27.6 Å². The highest BCUT2D eigenvalue weighted by molar-refractivity contribution is 7.54. The van der Waals surface area contributed by atoms with E-state index < -0.39 is 32.5 Å². The zero-order valence-electron chi connectivity index (χ0n) is 18.1. The van der Waals surface area contributed by atoms with Crippen molar-refractivity contribution in [2.45, 2.75) is 40.5 Å². The fraction of sp³-hybridized carbons (Fsp3) is 0.882. The van der Waals surface area contributed by atoms with Crippen molar-refractivity contribution in [3.05, 3.63) is 0 Å². The molecular formula is C17H34O10P2. The van der Waals surface area contributed by atoms with Gasteiger partial charge in [0.2, 0.25) is 0 Å². The minimum absolute atomic E-state index is 0.130. The Hall–Kier alpha value is -0.760. The molecule has 0 bridgehead atoms. The Kier molecular flexibility index (Phi) is 13.2. The summed E-state index contributed by atoms with van der Waals surface area (Å²) in [5.41, 5.74) is -1.86. The quantitative estimate of drug-likeness (QED) is 0.192. The third-order valence-electron chi connectivity index (χ3n) is 4.08. The predicted octanol–water partition coefficient (Wildman–Crippen LogP) is 3.63. The number of carbonyl (C=O) groups is 2. The Bertz CT molecular complexity index is 535. The molecule has 0 fully saturated rings. The first-order valence-electron chi connectivity index (χ1n) is 9.55. The highest BCUT2D eigenvalue weighted by Gasteiger charge is 2.50. The Balaban J connectivity index is 5.88. The monoisotopic (exact) mass is 460 g/mol. The fourth-order valence-corrected chi connectivity index (χ4v) is 6.33. The Morgan fingerprint density at radius 3 is 1.14 bits per heavy atom. The van der Waals surface area contributed by atoms with Crippen LogP contribution in [0.3, 0.4) is 0 Å². The lowest BCUT2D eigenvalue weighted by Crippen LogP contribution is -2.43. The minimum Gasteiger partial charge on any atom is -0.468 e. The number of ether oxygens (including phenoxy) is 2. The van der Waals surface area contributed by atoms with Crippen LogP contribution in [0.5, 0.6) is 0 Å². The van der Waals surface area contributed by atoms with Crippen LogP contribution in [0.2, 0.25) is 0 Å². The topological polar surface area (TPSA) is 124 Å². The molecule has 0 aromatic heterocycles. The first-order chi connectivity index (χ1) is 13.6. The molecule has 0 saturated carbocycles. The van der Waals surface area contributed by atoms with Crippen molar-refractivity contribution < 1.29 is 46.3 Å². The number of rotatable bonds is 16. The summed E-state index contributed by atoms with van der Waals surface area (Å²) in [5, 5.41) is 0. The van der Waals surface area contributed by atoms with Crippen LogP contribution in [0.25, 0.3) is 0 Å². The van der Waals surface area contributed by atoms with E-state index in [9.17, 15) is 18.7 Å². The molecule has 0 radical (unpaired) electrons. The van der Waals surface area contributed by atoms with Crippen LogP contribution in [-0.2, 0) is 46.3 Å². The smallest absolute Gasteiger partial charge is 0.330 e. The van der Waals surface area contributed by atoms with Gasteiger partial charge in [-0.15, -0.1) is 0 Å². The van der Waals surface area contributed by atoms with E-state index in [0.29, 0.717) is 0 Å². The zero-order chi connectivity index (χ0) is 22.6. The number of hydrogen-bond donors (Lipinski definition) is 0. The largest absolute Gasteiger partial charge is 0.468 e. The van der Waals surface area contributed by atoms with Crippen molar-refractivity contribution in [3.63, 3.8) is 0 Å². The van der Waals surface area contributed by atoms with E-state index in [-0.39, 0.29) is 51.6 Å². The summed E-state index contributed by atoms with van der Waals surface area (Å²) in [4.78, 5) is 25.3. The molecule has 172 valence electrons. The second-order valence-electron chi connectivity index (χ2n) is 5.91. The molecule has 0 aliphatic rings. The van der Waals surface area contributed by atoms with Crippen LogP contribution in [0.1, 0.15) is 40.5 Å². The Morgan fingerprint density at radius 2 is 0.931 bits per heavy atom. The van der Waals surface area contributed by atoms with E-state index in [1.807, 2.05) is 0 Å². The molecule has 0 rings (SSSR count). The second kappa shape index (κ2) is 13.5. The number of carbonyl (C=O) groups excluding carboxylic acids is 2. The number of hydrogen-bond acceptors (Lipinski definition) is 10. The van der Waals surface area contributed by atoms with Gasteiger partial charge in [-0.2, -0.15) is 0 Å². The van der Waals surface area contributed by atoms with Crippen LogP contribution in [0.15, 0.2) is 0 Å². The lowest BCUT2D eigenvalue weighted by Gasteiger charge is -2.30. The van der Waals surface area contributed by atoms with Crippen LogP contribution < -0.4 is 0 Å². The molecule has 0 amide bonds. The standard InChI is InChI=1S/C17H34O10P2/c1-7-24-28(20,25-8-2)13-11-17(15(18)22-5,16(19)23-6)12-14-29(21,26-9-3)27-10-4/h7-14H2,1-6H3. The van der Waals surface area contributed by atoms with E-state index in [1.165, 1.54) is 0 Å². The molecule has 29 heavy (non-hydrogen) atoms. The summed E-state index contributed by atoms with van der Waals surface area (Å²) in [6.45, 7) is 7.13. The van der Waals surface area contributed by atoms with Gasteiger partial charge in [-0.1, -0.05) is 0 Å². The highest BCUT2D eigenvalue weighted by Crippen LogP contribution is 2.54. The molecule has 0 heterocycles. The van der Waals surface area contributed by atoms with Crippen LogP contribution in [0.4, 0.5) is 0 Å². The van der Waals surface area contributed by atoms with Crippen molar-refractivity contribution in [1.29, 1.82) is 0 Å². The summed E-state index contributed by atoms with van der Waals surface area (Å²) in [5.74, 6) is -1.80. The lowest BCUT2D eigenvalue weighted by atomic mass is 9.82. The summed E-state index contributed by atoms with van der Waals surface area (Å²) < 4.78 is 56.3. The van der Waals surface area contributed by atoms with Crippen LogP contribution in [0, 0.1) is 5.41 Å². The van der Waals surface area contributed by atoms with Crippen molar-refractivity contribution in [2.24, 2.45) is 5.41 Å². The first-order valence-corrected chi connectivity index (χ1v) is 13.0. The van der Waals surface area contributed by atoms with Crippen molar-refractivity contribution in [3.8, 4) is 0 Å². The second-order valence-corrected chi connectivity index (χ2v) is 10.3. The van der Waals surface area contributed by atoms with Gasteiger partial charge in [0.25, 0.3) is 0 Å². The minimum atomic E-state index is -3.55. The maximum Gasteiger partial charge on any atom is 0.330 e. The summed E-state index contributed by atoms with van der Waals surface area (Å²) in [6, 6.07) is 0. The molecular weight excluding hydrogens is 426 g/mol. The maximum absolute atomic E-state index is 12.8. The molecule has 12 heteroatoms. The third-order valence-corrected chi connectivity index (χ3v) is 8.23. The summed E-state index contributed by atoms with van der Waals surface area (Å²) in [7, 11) is -4.87. The van der Waals surface area contributed by atoms with Crippen molar-refractivity contribution >= 4 is 27.1 Å². The van der Waals surface area contributed by atoms with Crippen LogP contribution in [-0.4, -0.2) is 64.9 Å². The molecule has 0 N–H and O–H groups in total. The normalized spacial score (nSPS) is 12.6. The molecule has 0 atom stereocenters. The Labute approximate surface area is 173 Å². The van der Waals surface area contributed by atoms with E-state index in [0.717, 1.165) is 14.2 Å². The average Bonchev–Trinajstić information content (AvgIpc) is 2.68. The molecule has 0 unspecified atom stereocenters. The molecule has 0 saturated heterocycles. The van der Waals surface area contributed by atoms with Crippen LogP contribution >= 0.6 is 15.2 Å². The van der Waals surface area contributed by atoms with Gasteiger partial charge in [-0.3, -0.25) is 18.7 Å². The van der Waals surface area contributed by atoms with Gasteiger partial charge in [-0.25, -0.2) is 0 Å². The highest BCUT2D eigenvalue weighted by atomic mass is 31.2.